The highest BCUT2D eigenvalue weighted by Crippen LogP contribution is 2.16. The van der Waals surface area contributed by atoms with Crippen LogP contribution in [0.1, 0.15) is 20.8 Å². The van der Waals surface area contributed by atoms with E-state index in [2.05, 4.69) is 17.2 Å². The molecule has 0 atom stereocenters. The summed E-state index contributed by atoms with van der Waals surface area (Å²) >= 11 is 0. The first-order chi connectivity index (χ1) is 8.03. The summed E-state index contributed by atoms with van der Waals surface area (Å²) in [5.74, 6) is 5.48. The third kappa shape index (κ3) is 5.07. The van der Waals surface area contributed by atoms with Gasteiger partial charge in [-0.1, -0.05) is 24.1 Å². The molecule has 1 rings (SSSR count). The zero-order chi connectivity index (χ0) is 12.7. The van der Waals surface area contributed by atoms with Gasteiger partial charge in [-0.15, -0.1) is 0 Å². The summed E-state index contributed by atoms with van der Waals surface area (Å²) < 4.78 is 5.77. The Hall–Kier alpha value is -1.95. The molecule has 0 spiro atoms. The molecule has 1 amide bonds. The van der Waals surface area contributed by atoms with Crippen molar-refractivity contribution in [3.8, 4) is 17.6 Å². The van der Waals surface area contributed by atoms with Crippen LogP contribution in [0.25, 0.3) is 0 Å². The van der Waals surface area contributed by atoms with E-state index in [-0.39, 0.29) is 5.91 Å². The summed E-state index contributed by atoms with van der Waals surface area (Å²) in [7, 11) is 0. The van der Waals surface area contributed by atoms with E-state index in [0.717, 1.165) is 5.75 Å². The minimum atomic E-state index is -0.466. The van der Waals surface area contributed by atoms with Crippen LogP contribution in [0.15, 0.2) is 30.3 Å². The highest BCUT2D eigenvalue weighted by Gasteiger charge is 2.20. The number of rotatable bonds is 4. The minimum absolute atomic E-state index is 0.280. The normalized spacial score (nSPS) is 10.1. The Balaban J connectivity index is 2.51. The molecule has 3 nitrogen and oxygen atoms in total. The molecule has 0 aliphatic carbocycles. The lowest BCUT2D eigenvalue weighted by molar-refractivity contribution is -0.116. The quantitative estimate of drug-likeness (QED) is 0.805. The standard InChI is InChI=1S/C14H17NO2/c1-4-8-13(16)15-11-14(2,3)17-12-9-6-5-7-10-12/h5-7,9-10H,11H2,1-3H3,(H,15,16). The van der Waals surface area contributed by atoms with Crippen molar-refractivity contribution in [3.05, 3.63) is 30.3 Å². The maximum atomic E-state index is 11.2. The van der Waals surface area contributed by atoms with Gasteiger partial charge >= 0.3 is 0 Å². The first-order valence-corrected chi connectivity index (χ1v) is 5.48. The monoisotopic (exact) mass is 231 g/mol. The zero-order valence-electron chi connectivity index (χ0n) is 10.4. The number of ether oxygens (including phenoxy) is 1. The highest BCUT2D eigenvalue weighted by molar-refractivity contribution is 5.93. The number of hydrogen-bond donors (Lipinski definition) is 1. The molecule has 0 fully saturated rings. The zero-order valence-corrected chi connectivity index (χ0v) is 10.4. The first-order valence-electron chi connectivity index (χ1n) is 5.48. The number of nitrogens with one attached hydrogen (secondary N) is 1. The molecule has 0 radical (unpaired) electrons. The number of hydrogen-bond acceptors (Lipinski definition) is 2. The van der Waals surface area contributed by atoms with Gasteiger partial charge in [-0.3, -0.25) is 4.79 Å². The predicted octanol–water partition coefficient (Wildman–Crippen LogP) is 1.98. The van der Waals surface area contributed by atoms with Crippen LogP contribution in [0.5, 0.6) is 5.75 Å². The fourth-order valence-electron chi connectivity index (χ4n) is 1.29. The van der Waals surface area contributed by atoms with Gasteiger partial charge in [0, 0.05) is 0 Å². The highest BCUT2D eigenvalue weighted by atomic mass is 16.5. The Bertz CT molecular complexity index is 427. The Labute approximate surface area is 102 Å². The van der Waals surface area contributed by atoms with Crippen LogP contribution in [-0.4, -0.2) is 18.1 Å². The van der Waals surface area contributed by atoms with Crippen LogP contribution in [-0.2, 0) is 4.79 Å². The maximum Gasteiger partial charge on any atom is 0.296 e. The minimum Gasteiger partial charge on any atom is -0.486 e. The second-order valence-electron chi connectivity index (χ2n) is 4.23. The number of para-hydroxylation sites is 1. The van der Waals surface area contributed by atoms with Gasteiger partial charge in [-0.05, 0) is 38.8 Å². The molecule has 1 N–H and O–H groups in total. The summed E-state index contributed by atoms with van der Waals surface area (Å²) in [5, 5.41) is 2.71. The topological polar surface area (TPSA) is 38.3 Å². The second kappa shape index (κ2) is 5.95. The van der Waals surface area contributed by atoms with Gasteiger partial charge in [0.25, 0.3) is 5.91 Å². The summed E-state index contributed by atoms with van der Waals surface area (Å²) in [6.07, 6.45) is 0. The molecule has 0 aliphatic rings. The molecule has 0 unspecified atom stereocenters. The number of benzene rings is 1. The molecule has 0 saturated carbocycles. The smallest absolute Gasteiger partial charge is 0.296 e. The first kappa shape index (κ1) is 13.1. The van der Waals surface area contributed by atoms with Gasteiger partial charge < -0.3 is 10.1 Å². The van der Waals surface area contributed by atoms with Crippen molar-refractivity contribution < 1.29 is 9.53 Å². The maximum absolute atomic E-state index is 11.2. The van der Waals surface area contributed by atoms with E-state index in [9.17, 15) is 4.79 Å². The third-order valence-electron chi connectivity index (χ3n) is 2.05. The number of carbonyl (C=O) groups excluding carboxylic acids is 1. The average Bonchev–Trinajstić information content (AvgIpc) is 2.28. The average molecular weight is 231 g/mol. The summed E-state index contributed by atoms with van der Waals surface area (Å²) in [5.41, 5.74) is -0.466. The molecular formula is C14H17NO2. The van der Waals surface area contributed by atoms with E-state index in [4.69, 9.17) is 4.74 Å². The Morgan fingerprint density at radius 2 is 2.00 bits per heavy atom. The Morgan fingerprint density at radius 1 is 1.35 bits per heavy atom. The molecule has 1 aromatic rings. The van der Waals surface area contributed by atoms with Gasteiger partial charge in [0.1, 0.15) is 11.4 Å². The van der Waals surface area contributed by atoms with E-state index in [1.54, 1.807) is 6.92 Å². The van der Waals surface area contributed by atoms with E-state index in [1.165, 1.54) is 0 Å². The molecule has 17 heavy (non-hydrogen) atoms. The molecule has 0 heterocycles. The van der Waals surface area contributed by atoms with Crippen LogP contribution < -0.4 is 10.1 Å². The van der Waals surface area contributed by atoms with E-state index in [0.29, 0.717) is 6.54 Å². The van der Waals surface area contributed by atoms with E-state index < -0.39 is 5.60 Å². The van der Waals surface area contributed by atoms with E-state index >= 15 is 0 Å². The molecule has 0 bridgehead atoms. The SMILES string of the molecule is CC#CC(=O)NCC(C)(C)Oc1ccccc1. The molecular weight excluding hydrogens is 214 g/mol. The summed E-state index contributed by atoms with van der Waals surface area (Å²) in [6.45, 7) is 5.87. The van der Waals surface area contributed by atoms with Crippen molar-refractivity contribution in [2.75, 3.05) is 6.54 Å². The summed E-state index contributed by atoms with van der Waals surface area (Å²) in [6, 6.07) is 9.52. The van der Waals surface area contributed by atoms with Crippen molar-refractivity contribution in [1.29, 1.82) is 0 Å². The lowest BCUT2D eigenvalue weighted by atomic mass is 10.1. The fourth-order valence-corrected chi connectivity index (χ4v) is 1.29. The van der Waals surface area contributed by atoms with Crippen LogP contribution in [0.2, 0.25) is 0 Å². The van der Waals surface area contributed by atoms with Crippen molar-refractivity contribution >= 4 is 5.91 Å². The molecule has 90 valence electrons. The largest absolute Gasteiger partial charge is 0.486 e. The number of amides is 1. The van der Waals surface area contributed by atoms with Crippen LogP contribution in [0.4, 0.5) is 0 Å². The van der Waals surface area contributed by atoms with Gasteiger partial charge in [0.15, 0.2) is 0 Å². The van der Waals surface area contributed by atoms with Crippen molar-refractivity contribution in [2.45, 2.75) is 26.4 Å². The second-order valence-corrected chi connectivity index (χ2v) is 4.23. The third-order valence-corrected chi connectivity index (χ3v) is 2.05. The molecule has 1 aromatic carbocycles. The Kier molecular flexibility index (Phi) is 4.59. The lowest BCUT2D eigenvalue weighted by Gasteiger charge is -2.26. The summed E-state index contributed by atoms with van der Waals surface area (Å²) in [4.78, 5) is 11.2. The molecule has 0 aromatic heterocycles. The van der Waals surface area contributed by atoms with Crippen molar-refractivity contribution in [2.24, 2.45) is 0 Å². The van der Waals surface area contributed by atoms with Gasteiger partial charge in [0.2, 0.25) is 0 Å². The molecule has 0 aliphatic heterocycles. The Morgan fingerprint density at radius 3 is 2.59 bits per heavy atom. The van der Waals surface area contributed by atoms with Gasteiger partial charge in [0.05, 0.1) is 6.54 Å². The fraction of sp³-hybridized carbons (Fsp3) is 0.357. The van der Waals surface area contributed by atoms with Gasteiger partial charge in [-0.2, -0.15) is 0 Å². The van der Waals surface area contributed by atoms with Crippen molar-refractivity contribution in [1.82, 2.24) is 5.32 Å². The van der Waals surface area contributed by atoms with Crippen molar-refractivity contribution in [3.63, 3.8) is 0 Å². The predicted molar refractivity (Wildman–Crippen MR) is 67.6 cm³/mol. The van der Waals surface area contributed by atoms with Crippen LogP contribution in [0.3, 0.4) is 0 Å². The van der Waals surface area contributed by atoms with Gasteiger partial charge in [-0.25, -0.2) is 0 Å². The molecule has 0 saturated heterocycles. The number of carbonyl (C=O) groups is 1. The van der Waals surface area contributed by atoms with E-state index in [1.807, 2.05) is 44.2 Å². The lowest BCUT2D eigenvalue weighted by Crippen LogP contribution is -2.42. The van der Waals surface area contributed by atoms with Crippen LogP contribution >= 0.6 is 0 Å². The van der Waals surface area contributed by atoms with Crippen LogP contribution in [0, 0.1) is 11.8 Å². The molecule has 3 heteroatoms.